The van der Waals surface area contributed by atoms with Gasteiger partial charge in [-0.2, -0.15) is 0 Å². The van der Waals surface area contributed by atoms with Crippen LogP contribution >= 0.6 is 11.8 Å². The molecule has 3 rings (SSSR count). The molecule has 0 radical (unpaired) electrons. The number of anilines is 1. The maximum Gasteiger partial charge on any atom is 0.221 e. The first kappa shape index (κ1) is 11.3. The fourth-order valence-corrected chi connectivity index (χ4v) is 3.72. The summed E-state index contributed by atoms with van der Waals surface area (Å²) < 4.78 is 5.60. The molecule has 1 aromatic heterocycles. The van der Waals surface area contributed by atoms with Crippen molar-refractivity contribution in [3.8, 4) is 0 Å². The summed E-state index contributed by atoms with van der Waals surface area (Å²) in [5.41, 5.74) is 8.33. The predicted molar refractivity (Wildman–Crippen MR) is 68.3 cm³/mol. The molecule has 5 heteroatoms. The smallest absolute Gasteiger partial charge is 0.221 e. The summed E-state index contributed by atoms with van der Waals surface area (Å²) in [5, 5.41) is 1.10. The van der Waals surface area contributed by atoms with Crippen LogP contribution in [0, 0.1) is 0 Å². The summed E-state index contributed by atoms with van der Waals surface area (Å²) in [6.45, 7) is 2.96. The van der Waals surface area contributed by atoms with E-state index >= 15 is 0 Å². The van der Waals surface area contributed by atoms with Crippen LogP contribution in [0.3, 0.4) is 0 Å². The van der Waals surface area contributed by atoms with E-state index in [1.165, 1.54) is 11.3 Å². The fraction of sp³-hybridized carbons (Fsp3) is 0.667. The zero-order chi connectivity index (χ0) is 11.8. The average molecular weight is 251 g/mol. The highest BCUT2D eigenvalue weighted by Crippen LogP contribution is 2.38. The summed E-state index contributed by atoms with van der Waals surface area (Å²) in [6, 6.07) is 0. The topological polar surface area (TPSA) is 61.0 Å². The monoisotopic (exact) mass is 251 g/mol. The van der Waals surface area contributed by atoms with Gasteiger partial charge in [0.2, 0.25) is 5.95 Å². The lowest BCUT2D eigenvalue weighted by atomic mass is 9.90. The Morgan fingerprint density at radius 1 is 1.41 bits per heavy atom. The Kier molecular flexibility index (Phi) is 2.96. The van der Waals surface area contributed by atoms with Gasteiger partial charge in [0.25, 0.3) is 0 Å². The van der Waals surface area contributed by atoms with Crippen LogP contribution < -0.4 is 5.73 Å². The third-order valence-electron chi connectivity index (χ3n) is 3.48. The maximum atomic E-state index is 5.81. The van der Waals surface area contributed by atoms with Crippen molar-refractivity contribution in [1.29, 1.82) is 0 Å². The zero-order valence-corrected chi connectivity index (χ0v) is 10.8. The van der Waals surface area contributed by atoms with Gasteiger partial charge in [0.05, 0.1) is 11.8 Å². The lowest BCUT2D eigenvalue weighted by Crippen LogP contribution is -2.23. The van der Waals surface area contributed by atoms with Gasteiger partial charge in [0, 0.05) is 23.8 Å². The number of nitrogen functional groups attached to an aromatic ring is 1. The largest absolute Gasteiger partial charge is 0.378 e. The molecule has 2 aliphatic rings. The lowest BCUT2D eigenvalue weighted by molar-refractivity contribution is 0.0178. The Morgan fingerprint density at radius 3 is 3.12 bits per heavy atom. The molecular weight excluding hydrogens is 234 g/mol. The SMILES string of the molecule is CC1CC(c2nc(N)nc3c2CCS3)CCO1. The van der Waals surface area contributed by atoms with Gasteiger partial charge in [0.1, 0.15) is 5.03 Å². The Hall–Kier alpha value is -0.810. The van der Waals surface area contributed by atoms with E-state index < -0.39 is 0 Å². The van der Waals surface area contributed by atoms with E-state index in [0.29, 0.717) is 18.0 Å². The molecule has 2 aliphatic heterocycles. The second kappa shape index (κ2) is 4.46. The summed E-state index contributed by atoms with van der Waals surface area (Å²) in [5.74, 6) is 2.03. The Balaban J connectivity index is 1.96. The minimum Gasteiger partial charge on any atom is -0.378 e. The van der Waals surface area contributed by atoms with E-state index in [9.17, 15) is 0 Å². The van der Waals surface area contributed by atoms with Crippen molar-refractivity contribution < 1.29 is 4.74 Å². The van der Waals surface area contributed by atoms with Gasteiger partial charge in [-0.1, -0.05) is 0 Å². The molecule has 2 N–H and O–H groups in total. The fourth-order valence-electron chi connectivity index (χ4n) is 2.69. The summed E-state index contributed by atoms with van der Waals surface area (Å²) in [7, 11) is 0. The third kappa shape index (κ3) is 2.13. The van der Waals surface area contributed by atoms with Crippen molar-refractivity contribution in [2.45, 2.75) is 43.2 Å². The molecule has 0 amide bonds. The lowest BCUT2D eigenvalue weighted by Gasteiger charge is -2.28. The Labute approximate surface area is 105 Å². The minimum absolute atomic E-state index is 0.328. The normalized spacial score (nSPS) is 28.1. The molecule has 0 bridgehead atoms. The van der Waals surface area contributed by atoms with Crippen LogP contribution in [0.5, 0.6) is 0 Å². The van der Waals surface area contributed by atoms with Gasteiger partial charge >= 0.3 is 0 Å². The number of hydrogen-bond acceptors (Lipinski definition) is 5. The van der Waals surface area contributed by atoms with Gasteiger partial charge in [0.15, 0.2) is 0 Å². The van der Waals surface area contributed by atoms with E-state index in [1.54, 1.807) is 11.8 Å². The van der Waals surface area contributed by atoms with Gasteiger partial charge < -0.3 is 10.5 Å². The molecular formula is C12H17N3OS. The zero-order valence-electron chi connectivity index (χ0n) is 9.98. The number of fused-ring (bicyclic) bond motifs is 1. The highest BCUT2D eigenvalue weighted by molar-refractivity contribution is 7.99. The van der Waals surface area contributed by atoms with Crippen LogP contribution in [0.2, 0.25) is 0 Å². The van der Waals surface area contributed by atoms with Crippen molar-refractivity contribution >= 4 is 17.7 Å². The maximum absolute atomic E-state index is 5.81. The van der Waals surface area contributed by atoms with Crippen molar-refractivity contribution in [2.75, 3.05) is 18.1 Å². The number of ether oxygens (including phenoxy) is 1. The van der Waals surface area contributed by atoms with Crippen molar-refractivity contribution in [3.63, 3.8) is 0 Å². The van der Waals surface area contributed by atoms with Gasteiger partial charge in [-0.25, -0.2) is 9.97 Å². The van der Waals surface area contributed by atoms with Crippen LogP contribution in [0.4, 0.5) is 5.95 Å². The first-order valence-corrected chi connectivity index (χ1v) is 7.13. The van der Waals surface area contributed by atoms with E-state index in [2.05, 4.69) is 16.9 Å². The van der Waals surface area contributed by atoms with E-state index in [0.717, 1.165) is 36.6 Å². The molecule has 2 atom stereocenters. The number of nitrogens with zero attached hydrogens (tertiary/aromatic N) is 2. The number of hydrogen-bond donors (Lipinski definition) is 1. The van der Waals surface area contributed by atoms with Crippen molar-refractivity contribution in [2.24, 2.45) is 0 Å². The van der Waals surface area contributed by atoms with Gasteiger partial charge in [-0.15, -0.1) is 11.8 Å². The Bertz CT molecular complexity index is 438. The second-order valence-electron chi connectivity index (χ2n) is 4.75. The molecule has 4 nitrogen and oxygen atoms in total. The summed E-state index contributed by atoms with van der Waals surface area (Å²) in [6.07, 6.45) is 3.52. The first-order chi connectivity index (χ1) is 8.24. The first-order valence-electron chi connectivity index (χ1n) is 6.14. The van der Waals surface area contributed by atoms with Crippen LogP contribution in [-0.2, 0) is 11.2 Å². The average Bonchev–Trinajstić information content (AvgIpc) is 2.75. The highest BCUT2D eigenvalue weighted by atomic mass is 32.2. The molecule has 1 fully saturated rings. The number of thioether (sulfide) groups is 1. The molecule has 2 unspecified atom stereocenters. The standard InChI is InChI=1S/C12H17N3OS/c1-7-6-8(2-4-16-7)10-9-3-5-17-11(9)15-12(13)14-10/h7-8H,2-6H2,1H3,(H2,13,14,15). The van der Waals surface area contributed by atoms with Gasteiger partial charge in [-0.05, 0) is 26.2 Å². The van der Waals surface area contributed by atoms with E-state index in [-0.39, 0.29) is 0 Å². The molecule has 0 aromatic carbocycles. The van der Waals surface area contributed by atoms with Crippen LogP contribution in [0.15, 0.2) is 5.03 Å². The molecule has 0 spiro atoms. The summed E-state index contributed by atoms with van der Waals surface area (Å²) in [4.78, 5) is 8.83. The predicted octanol–water partition coefficient (Wildman–Crippen LogP) is 1.99. The van der Waals surface area contributed by atoms with Crippen molar-refractivity contribution in [1.82, 2.24) is 9.97 Å². The van der Waals surface area contributed by atoms with Crippen LogP contribution in [0.1, 0.15) is 36.9 Å². The van der Waals surface area contributed by atoms with Crippen molar-refractivity contribution in [3.05, 3.63) is 11.3 Å². The molecule has 0 saturated carbocycles. The molecule has 1 aromatic rings. The van der Waals surface area contributed by atoms with Gasteiger partial charge in [-0.3, -0.25) is 0 Å². The molecule has 3 heterocycles. The highest BCUT2D eigenvalue weighted by Gasteiger charge is 2.28. The number of aromatic nitrogens is 2. The quantitative estimate of drug-likeness (QED) is 0.773. The molecule has 1 saturated heterocycles. The number of nitrogens with two attached hydrogens (primary N) is 1. The van der Waals surface area contributed by atoms with Crippen LogP contribution in [0.25, 0.3) is 0 Å². The van der Waals surface area contributed by atoms with E-state index in [4.69, 9.17) is 10.5 Å². The summed E-state index contributed by atoms with van der Waals surface area (Å²) >= 11 is 1.80. The van der Waals surface area contributed by atoms with Crippen LogP contribution in [-0.4, -0.2) is 28.4 Å². The number of rotatable bonds is 1. The Morgan fingerprint density at radius 2 is 2.29 bits per heavy atom. The molecule has 92 valence electrons. The molecule has 17 heavy (non-hydrogen) atoms. The third-order valence-corrected chi connectivity index (χ3v) is 4.50. The molecule has 0 aliphatic carbocycles. The second-order valence-corrected chi connectivity index (χ2v) is 5.84. The van der Waals surface area contributed by atoms with E-state index in [1.807, 2.05) is 0 Å². The minimum atomic E-state index is 0.328.